The molecule has 2 aromatic carbocycles. The van der Waals surface area contributed by atoms with Gasteiger partial charge in [0, 0.05) is 17.3 Å². The molecule has 126 valence electrons. The molecule has 0 aliphatic rings. The third kappa shape index (κ3) is 4.37. The average Bonchev–Trinajstić information content (AvgIpc) is 2.63. The topological polar surface area (TPSA) is 42.2 Å². The monoisotopic (exact) mass is 353 g/mol. The number of pyridine rings is 1. The number of methoxy groups -OCH3 is 1. The molecule has 0 atom stereocenters. The van der Waals surface area contributed by atoms with E-state index in [1.807, 2.05) is 59.4 Å². The van der Waals surface area contributed by atoms with Crippen LogP contribution in [0.5, 0.6) is 5.75 Å². The lowest BCUT2D eigenvalue weighted by atomic mass is 10.1. The van der Waals surface area contributed by atoms with E-state index in [4.69, 9.17) is 16.3 Å². The molecule has 0 saturated heterocycles. The highest BCUT2D eigenvalue weighted by atomic mass is 35.5. The highest BCUT2D eigenvalue weighted by Gasteiger charge is 2.12. The summed E-state index contributed by atoms with van der Waals surface area (Å²) < 4.78 is 6.96. The summed E-state index contributed by atoms with van der Waals surface area (Å²) in [5.74, 6) is 0.445. The van der Waals surface area contributed by atoms with Crippen LogP contribution >= 0.6 is 11.6 Å². The minimum absolute atomic E-state index is 0.128. The maximum Gasteiger partial charge on any atom is 0.290 e. The largest absolute Gasteiger partial charge is 0.495 e. The summed E-state index contributed by atoms with van der Waals surface area (Å²) in [5.41, 5.74) is 2.80. The Kier molecular flexibility index (Phi) is 5.31. The molecule has 1 heterocycles. The van der Waals surface area contributed by atoms with E-state index in [2.05, 4.69) is 5.32 Å². The third-order valence-electron chi connectivity index (χ3n) is 3.73. The van der Waals surface area contributed by atoms with Gasteiger partial charge in [0.05, 0.1) is 12.1 Å². The maximum atomic E-state index is 12.3. The van der Waals surface area contributed by atoms with E-state index < -0.39 is 0 Å². The van der Waals surface area contributed by atoms with Crippen LogP contribution in [0.25, 0.3) is 11.1 Å². The Bertz CT molecular complexity index is 882. The lowest BCUT2D eigenvalue weighted by molar-refractivity contribution is -0.683. The van der Waals surface area contributed by atoms with Gasteiger partial charge in [-0.1, -0.05) is 41.9 Å². The summed E-state index contributed by atoms with van der Waals surface area (Å²) in [4.78, 5) is 12.3. The van der Waals surface area contributed by atoms with E-state index >= 15 is 0 Å². The van der Waals surface area contributed by atoms with Gasteiger partial charge < -0.3 is 10.1 Å². The Morgan fingerprint density at radius 1 is 1.08 bits per heavy atom. The summed E-state index contributed by atoms with van der Waals surface area (Å²) in [7, 11) is 1.55. The molecule has 1 N–H and O–H groups in total. The summed E-state index contributed by atoms with van der Waals surface area (Å²) in [6.45, 7) is 0.213. The lowest BCUT2D eigenvalue weighted by Gasteiger charge is -2.07. The zero-order chi connectivity index (χ0) is 17.6. The average molecular weight is 354 g/mol. The van der Waals surface area contributed by atoms with E-state index in [1.165, 1.54) is 0 Å². The van der Waals surface area contributed by atoms with Crippen LogP contribution in [0.1, 0.15) is 0 Å². The van der Waals surface area contributed by atoms with Gasteiger partial charge in [0.15, 0.2) is 12.4 Å². The van der Waals surface area contributed by atoms with Crippen LogP contribution in [-0.4, -0.2) is 13.0 Å². The van der Waals surface area contributed by atoms with Crippen LogP contribution < -0.4 is 14.6 Å². The molecule has 1 aromatic heterocycles. The zero-order valence-corrected chi connectivity index (χ0v) is 14.5. The molecule has 25 heavy (non-hydrogen) atoms. The van der Waals surface area contributed by atoms with E-state index in [1.54, 1.807) is 25.3 Å². The van der Waals surface area contributed by atoms with Crippen LogP contribution in [0, 0.1) is 0 Å². The minimum atomic E-state index is -0.128. The molecule has 1 amide bonds. The number of ether oxygens (including phenoxy) is 1. The van der Waals surface area contributed by atoms with Crippen molar-refractivity contribution in [3.05, 3.63) is 78.1 Å². The number of amides is 1. The van der Waals surface area contributed by atoms with Crippen molar-refractivity contribution >= 4 is 23.2 Å². The molecular weight excluding hydrogens is 336 g/mol. The molecule has 3 aromatic rings. The normalized spacial score (nSPS) is 10.3. The first kappa shape index (κ1) is 17.0. The number of hydrogen-bond donors (Lipinski definition) is 1. The van der Waals surface area contributed by atoms with Gasteiger partial charge in [0.25, 0.3) is 5.91 Å². The standard InChI is InChI=1S/C20H17ClN2O2/c1-25-19-10-9-17(12-18(19)21)22-20(24)14-23-11-5-8-16(13-23)15-6-3-2-4-7-15/h2-13H,14H2,1H3/p+1. The predicted octanol–water partition coefficient (Wildman–Crippen LogP) is 3.94. The number of halogens is 1. The zero-order valence-electron chi connectivity index (χ0n) is 13.8. The SMILES string of the molecule is COc1ccc(NC(=O)C[n+]2cccc(-c3ccccc3)c2)cc1Cl. The first-order chi connectivity index (χ1) is 12.2. The number of nitrogens with zero attached hydrogens (tertiary/aromatic N) is 1. The summed E-state index contributed by atoms with van der Waals surface area (Å²) in [6.07, 6.45) is 3.82. The second-order valence-corrected chi connectivity index (χ2v) is 5.94. The molecule has 0 unspecified atom stereocenters. The number of anilines is 1. The van der Waals surface area contributed by atoms with Crippen molar-refractivity contribution in [2.24, 2.45) is 0 Å². The highest BCUT2D eigenvalue weighted by molar-refractivity contribution is 6.32. The van der Waals surface area contributed by atoms with E-state index in [0.717, 1.165) is 11.1 Å². The minimum Gasteiger partial charge on any atom is -0.495 e. The van der Waals surface area contributed by atoms with Gasteiger partial charge in [-0.05, 0) is 29.8 Å². The van der Waals surface area contributed by atoms with Crippen LogP contribution in [-0.2, 0) is 11.3 Å². The van der Waals surface area contributed by atoms with E-state index in [-0.39, 0.29) is 12.5 Å². The number of benzene rings is 2. The van der Waals surface area contributed by atoms with Gasteiger partial charge >= 0.3 is 0 Å². The first-order valence-corrected chi connectivity index (χ1v) is 8.21. The second kappa shape index (κ2) is 7.81. The van der Waals surface area contributed by atoms with Crippen molar-refractivity contribution in [1.82, 2.24) is 0 Å². The highest BCUT2D eigenvalue weighted by Crippen LogP contribution is 2.27. The number of aromatic nitrogens is 1. The van der Waals surface area contributed by atoms with Gasteiger partial charge in [0.2, 0.25) is 6.54 Å². The van der Waals surface area contributed by atoms with Crippen molar-refractivity contribution in [2.45, 2.75) is 6.54 Å². The fourth-order valence-corrected chi connectivity index (χ4v) is 2.79. The molecule has 0 aliphatic carbocycles. The Balaban J connectivity index is 1.70. The third-order valence-corrected chi connectivity index (χ3v) is 4.02. The molecule has 4 nitrogen and oxygen atoms in total. The molecule has 0 fully saturated rings. The van der Waals surface area contributed by atoms with Gasteiger partial charge in [-0.2, -0.15) is 4.57 Å². The Labute approximate surface area is 151 Å². The molecule has 0 saturated carbocycles. The Morgan fingerprint density at radius 3 is 2.56 bits per heavy atom. The van der Waals surface area contributed by atoms with Crippen LogP contribution in [0.15, 0.2) is 73.1 Å². The van der Waals surface area contributed by atoms with Crippen LogP contribution in [0.4, 0.5) is 5.69 Å². The number of nitrogens with one attached hydrogen (secondary N) is 1. The van der Waals surface area contributed by atoms with Crippen LogP contribution in [0.3, 0.4) is 0 Å². The lowest BCUT2D eigenvalue weighted by Crippen LogP contribution is -2.39. The van der Waals surface area contributed by atoms with Crippen molar-refractivity contribution in [3.8, 4) is 16.9 Å². The number of carbonyl (C=O) groups is 1. The van der Waals surface area contributed by atoms with Crippen molar-refractivity contribution in [2.75, 3.05) is 12.4 Å². The fraction of sp³-hybridized carbons (Fsp3) is 0.100. The second-order valence-electron chi connectivity index (χ2n) is 5.53. The molecular formula is C20H18ClN2O2+. The van der Waals surface area contributed by atoms with Gasteiger partial charge in [-0.25, -0.2) is 0 Å². The van der Waals surface area contributed by atoms with Gasteiger partial charge in [0.1, 0.15) is 5.75 Å². The van der Waals surface area contributed by atoms with Crippen molar-refractivity contribution < 1.29 is 14.1 Å². The number of rotatable bonds is 5. The van der Waals surface area contributed by atoms with Crippen molar-refractivity contribution in [3.63, 3.8) is 0 Å². The number of carbonyl (C=O) groups excluding carboxylic acids is 1. The van der Waals surface area contributed by atoms with E-state index in [9.17, 15) is 4.79 Å². The summed E-state index contributed by atoms with van der Waals surface area (Å²) in [6, 6.07) is 19.1. The predicted molar refractivity (Wildman–Crippen MR) is 98.7 cm³/mol. The smallest absolute Gasteiger partial charge is 0.290 e. The molecule has 0 aliphatic heterocycles. The first-order valence-electron chi connectivity index (χ1n) is 7.83. The molecule has 0 spiro atoms. The van der Waals surface area contributed by atoms with Crippen molar-refractivity contribution in [1.29, 1.82) is 0 Å². The molecule has 3 rings (SSSR count). The van der Waals surface area contributed by atoms with Crippen LogP contribution in [0.2, 0.25) is 5.02 Å². The van der Waals surface area contributed by atoms with Gasteiger partial charge in [-0.15, -0.1) is 0 Å². The molecule has 0 bridgehead atoms. The fourth-order valence-electron chi connectivity index (χ4n) is 2.53. The van der Waals surface area contributed by atoms with E-state index in [0.29, 0.717) is 16.5 Å². The Hall–Kier alpha value is -2.85. The summed E-state index contributed by atoms with van der Waals surface area (Å²) in [5, 5.41) is 3.30. The molecule has 5 heteroatoms. The molecule has 0 radical (unpaired) electrons. The maximum absolute atomic E-state index is 12.3. The Morgan fingerprint density at radius 2 is 1.84 bits per heavy atom. The number of hydrogen-bond acceptors (Lipinski definition) is 2. The quantitative estimate of drug-likeness (QED) is 0.706. The summed E-state index contributed by atoms with van der Waals surface area (Å²) >= 11 is 6.08. The van der Waals surface area contributed by atoms with Gasteiger partial charge in [-0.3, -0.25) is 4.79 Å².